The first-order valence-electron chi connectivity index (χ1n) is 8.03. The number of anilines is 2. The number of alkyl halides is 3. The highest BCUT2D eigenvalue weighted by Crippen LogP contribution is 2.30. The molecule has 0 radical (unpaired) electrons. The van der Waals surface area contributed by atoms with Crippen LogP contribution in [0.3, 0.4) is 0 Å². The Morgan fingerprint density at radius 2 is 1.44 bits per heavy atom. The zero-order chi connectivity index (χ0) is 20.2. The van der Waals surface area contributed by atoms with Gasteiger partial charge in [-0.15, -0.1) is 0 Å². The van der Waals surface area contributed by atoms with Gasteiger partial charge in [-0.3, -0.25) is 10.1 Å². The molecule has 2 N–H and O–H groups in total. The molecule has 144 valence electrons. The fraction of sp³-hybridized carbons (Fsp3) is 0.263. The van der Waals surface area contributed by atoms with Crippen molar-refractivity contribution < 1.29 is 27.5 Å². The van der Waals surface area contributed by atoms with Crippen molar-refractivity contribution in [2.75, 3.05) is 10.6 Å². The van der Waals surface area contributed by atoms with E-state index in [-0.39, 0.29) is 11.4 Å². The van der Waals surface area contributed by atoms with E-state index in [1.54, 1.807) is 41.7 Å². The summed E-state index contributed by atoms with van der Waals surface area (Å²) in [5, 5.41) is 4.26. The summed E-state index contributed by atoms with van der Waals surface area (Å²) in [6, 6.07) is 12.6. The van der Waals surface area contributed by atoms with Crippen LogP contribution in [0.2, 0.25) is 0 Å². The van der Waals surface area contributed by atoms with Crippen LogP contribution in [0.25, 0.3) is 0 Å². The Morgan fingerprint density at radius 3 is 1.96 bits per heavy atom. The molecule has 0 aliphatic heterocycles. The summed E-state index contributed by atoms with van der Waals surface area (Å²) >= 11 is 0. The summed E-state index contributed by atoms with van der Waals surface area (Å²) in [4.78, 5) is 23.3. The molecule has 0 unspecified atom stereocenters. The van der Waals surface area contributed by atoms with Crippen molar-refractivity contribution in [1.82, 2.24) is 0 Å². The predicted octanol–water partition coefficient (Wildman–Crippen LogP) is 5.10. The Balaban J connectivity index is 2.25. The molecule has 2 aromatic rings. The van der Waals surface area contributed by atoms with Crippen molar-refractivity contribution in [3.8, 4) is 5.75 Å². The SMILES string of the molecule is CC(C)(C)c1cc(NC(=O)Oc2ccccc2)cc(NC(=O)C(F)(F)F)c1. The maximum Gasteiger partial charge on any atom is 0.471 e. The Bertz CT molecular complexity index is 828. The number of para-hydroxylation sites is 1. The maximum atomic E-state index is 12.5. The summed E-state index contributed by atoms with van der Waals surface area (Å²) in [7, 11) is 0. The van der Waals surface area contributed by atoms with Crippen LogP contribution in [0.15, 0.2) is 48.5 Å². The summed E-state index contributed by atoms with van der Waals surface area (Å²) < 4.78 is 42.7. The van der Waals surface area contributed by atoms with Gasteiger partial charge in [-0.25, -0.2) is 4.79 Å². The maximum absolute atomic E-state index is 12.5. The zero-order valence-corrected chi connectivity index (χ0v) is 15.0. The molecule has 8 heteroatoms. The van der Waals surface area contributed by atoms with Crippen LogP contribution in [0.4, 0.5) is 29.3 Å². The molecule has 0 heterocycles. The van der Waals surface area contributed by atoms with E-state index < -0.39 is 23.6 Å². The van der Waals surface area contributed by atoms with Crippen LogP contribution >= 0.6 is 0 Å². The number of amides is 2. The van der Waals surface area contributed by atoms with Gasteiger partial charge in [0.2, 0.25) is 0 Å². The van der Waals surface area contributed by atoms with Gasteiger partial charge in [0.05, 0.1) is 0 Å². The van der Waals surface area contributed by atoms with E-state index in [9.17, 15) is 22.8 Å². The molecule has 0 saturated carbocycles. The molecule has 0 spiro atoms. The molecule has 0 atom stereocenters. The molecule has 0 saturated heterocycles. The highest BCUT2D eigenvalue weighted by atomic mass is 19.4. The molecule has 2 rings (SSSR count). The van der Waals surface area contributed by atoms with E-state index in [4.69, 9.17) is 4.74 Å². The van der Waals surface area contributed by atoms with E-state index in [1.165, 1.54) is 12.1 Å². The minimum absolute atomic E-state index is 0.0836. The molecular weight excluding hydrogens is 361 g/mol. The van der Waals surface area contributed by atoms with Gasteiger partial charge >= 0.3 is 18.2 Å². The number of carbonyl (C=O) groups excluding carboxylic acids is 2. The van der Waals surface area contributed by atoms with Crippen LogP contribution in [-0.2, 0) is 10.2 Å². The lowest BCUT2D eigenvalue weighted by Gasteiger charge is -2.22. The molecule has 5 nitrogen and oxygen atoms in total. The van der Waals surface area contributed by atoms with E-state index >= 15 is 0 Å². The van der Waals surface area contributed by atoms with Crippen LogP contribution in [0.5, 0.6) is 5.75 Å². The summed E-state index contributed by atoms with van der Waals surface area (Å²) in [5.74, 6) is -1.78. The normalized spacial score (nSPS) is 11.6. The monoisotopic (exact) mass is 380 g/mol. The van der Waals surface area contributed by atoms with E-state index in [0.29, 0.717) is 11.3 Å². The Labute approximate surface area is 154 Å². The minimum Gasteiger partial charge on any atom is -0.410 e. The smallest absolute Gasteiger partial charge is 0.410 e. The van der Waals surface area contributed by atoms with Crippen LogP contribution in [0.1, 0.15) is 26.3 Å². The van der Waals surface area contributed by atoms with Crippen LogP contribution < -0.4 is 15.4 Å². The molecule has 0 aliphatic rings. The molecule has 2 amide bonds. The number of benzene rings is 2. The third-order valence-corrected chi connectivity index (χ3v) is 3.51. The molecule has 2 aromatic carbocycles. The first kappa shape index (κ1) is 20.3. The number of hydrogen-bond donors (Lipinski definition) is 2. The van der Waals surface area contributed by atoms with Gasteiger partial charge in [0.1, 0.15) is 5.75 Å². The van der Waals surface area contributed by atoms with Crippen molar-refractivity contribution in [3.63, 3.8) is 0 Å². The number of rotatable bonds is 3. The van der Waals surface area contributed by atoms with Gasteiger partial charge in [0, 0.05) is 11.4 Å². The fourth-order valence-corrected chi connectivity index (χ4v) is 2.15. The second-order valence-corrected chi connectivity index (χ2v) is 6.83. The Hall–Kier alpha value is -3.03. The van der Waals surface area contributed by atoms with Crippen molar-refractivity contribution in [2.45, 2.75) is 32.4 Å². The van der Waals surface area contributed by atoms with Gasteiger partial charge in [-0.1, -0.05) is 39.0 Å². The topological polar surface area (TPSA) is 67.4 Å². The summed E-state index contributed by atoms with van der Waals surface area (Å²) in [6.07, 6.45) is -5.82. The number of halogens is 3. The van der Waals surface area contributed by atoms with Crippen molar-refractivity contribution in [1.29, 1.82) is 0 Å². The molecule has 0 bridgehead atoms. The van der Waals surface area contributed by atoms with Crippen molar-refractivity contribution in [3.05, 3.63) is 54.1 Å². The average molecular weight is 380 g/mol. The van der Waals surface area contributed by atoms with Gasteiger partial charge in [-0.05, 0) is 41.3 Å². The quantitative estimate of drug-likeness (QED) is 0.779. The first-order valence-corrected chi connectivity index (χ1v) is 8.03. The van der Waals surface area contributed by atoms with Gasteiger partial charge < -0.3 is 10.1 Å². The van der Waals surface area contributed by atoms with Crippen LogP contribution in [0, 0.1) is 0 Å². The summed E-state index contributed by atoms with van der Waals surface area (Å²) in [5.41, 5.74) is 0.303. The number of nitrogens with one attached hydrogen (secondary N) is 2. The highest BCUT2D eigenvalue weighted by Gasteiger charge is 2.38. The van der Waals surface area contributed by atoms with Gasteiger partial charge in [0.15, 0.2) is 0 Å². The van der Waals surface area contributed by atoms with E-state index in [1.807, 2.05) is 20.8 Å². The Morgan fingerprint density at radius 1 is 0.889 bits per heavy atom. The third-order valence-electron chi connectivity index (χ3n) is 3.51. The largest absolute Gasteiger partial charge is 0.471 e. The molecule has 0 fully saturated rings. The fourth-order valence-electron chi connectivity index (χ4n) is 2.15. The predicted molar refractivity (Wildman–Crippen MR) is 95.9 cm³/mol. The van der Waals surface area contributed by atoms with Crippen molar-refractivity contribution in [2.24, 2.45) is 0 Å². The zero-order valence-electron chi connectivity index (χ0n) is 15.0. The number of hydrogen-bond acceptors (Lipinski definition) is 3. The molecule has 0 aromatic heterocycles. The average Bonchev–Trinajstić information content (AvgIpc) is 2.53. The van der Waals surface area contributed by atoms with Crippen molar-refractivity contribution >= 4 is 23.4 Å². The lowest BCUT2D eigenvalue weighted by atomic mass is 9.86. The minimum atomic E-state index is -5.02. The van der Waals surface area contributed by atoms with E-state index in [0.717, 1.165) is 0 Å². The second kappa shape index (κ2) is 7.69. The highest BCUT2D eigenvalue weighted by molar-refractivity contribution is 5.96. The molecule has 0 aliphatic carbocycles. The number of carbonyl (C=O) groups is 2. The second-order valence-electron chi connectivity index (χ2n) is 6.83. The molecular formula is C19H19F3N2O3. The third kappa shape index (κ3) is 6.02. The lowest BCUT2D eigenvalue weighted by molar-refractivity contribution is -0.167. The summed E-state index contributed by atoms with van der Waals surface area (Å²) in [6.45, 7) is 5.55. The van der Waals surface area contributed by atoms with Gasteiger partial charge in [0.25, 0.3) is 0 Å². The van der Waals surface area contributed by atoms with Crippen LogP contribution in [-0.4, -0.2) is 18.2 Å². The van der Waals surface area contributed by atoms with E-state index in [2.05, 4.69) is 5.32 Å². The Kier molecular flexibility index (Phi) is 5.78. The first-order chi connectivity index (χ1) is 12.4. The molecule has 27 heavy (non-hydrogen) atoms. The standard InChI is InChI=1S/C19H19F3N2O3/c1-18(2,3)12-9-13(23-16(25)19(20,21)22)11-14(10-12)24-17(26)27-15-7-5-4-6-8-15/h4-11H,1-3H3,(H,23,25)(H,24,26). The van der Waals surface area contributed by atoms with Gasteiger partial charge in [-0.2, -0.15) is 13.2 Å². The lowest BCUT2D eigenvalue weighted by Crippen LogP contribution is -2.30. The number of ether oxygens (including phenoxy) is 1.